The Kier molecular flexibility index (Phi) is 5.77. The second kappa shape index (κ2) is 8.39. The lowest BCUT2D eigenvalue weighted by Crippen LogP contribution is -2.52. The van der Waals surface area contributed by atoms with E-state index < -0.39 is 17.2 Å². The molecule has 4 unspecified atom stereocenters. The average Bonchev–Trinajstić information content (AvgIpc) is 3.35. The van der Waals surface area contributed by atoms with E-state index in [4.69, 9.17) is 4.74 Å². The van der Waals surface area contributed by atoms with Gasteiger partial charge in [0, 0.05) is 63.1 Å². The Balaban J connectivity index is 1.28. The first kappa shape index (κ1) is 23.4. The molecule has 4 aliphatic rings. The number of alkyl halides is 3. The maximum absolute atomic E-state index is 13.7. The zero-order valence-corrected chi connectivity index (χ0v) is 19.6. The standard InChI is InChI=1S/C24H31F3N4O3/c1-3-34-22(33)30-8-6-29(7-9-30)18-4-5-23(12-18)15(2)20-11-19-16(14-31(20)21(23)32)10-17(13-28-19)24(25,26)27/h10,13,15,18,20H,3-9,11-12,14H2,1-2H3. The van der Waals surface area contributed by atoms with E-state index in [1.165, 1.54) is 0 Å². The Labute approximate surface area is 197 Å². The first-order valence-corrected chi connectivity index (χ1v) is 12.2. The minimum absolute atomic E-state index is 0.0244. The Hall–Kier alpha value is -2.36. The van der Waals surface area contributed by atoms with Gasteiger partial charge in [-0.1, -0.05) is 6.92 Å². The predicted octanol–water partition coefficient (Wildman–Crippen LogP) is 3.32. The van der Waals surface area contributed by atoms with Gasteiger partial charge in [-0.25, -0.2) is 4.79 Å². The number of ether oxygens (including phenoxy) is 1. The summed E-state index contributed by atoms with van der Waals surface area (Å²) in [6.07, 6.45) is -0.837. The average molecular weight is 481 g/mol. The second-order valence-corrected chi connectivity index (χ2v) is 10.1. The van der Waals surface area contributed by atoms with Crippen molar-refractivity contribution in [2.75, 3.05) is 32.8 Å². The molecule has 2 saturated heterocycles. The van der Waals surface area contributed by atoms with E-state index in [9.17, 15) is 22.8 Å². The third kappa shape index (κ3) is 3.74. The van der Waals surface area contributed by atoms with Gasteiger partial charge >= 0.3 is 12.3 Å². The molecule has 0 radical (unpaired) electrons. The summed E-state index contributed by atoms with van der Waals surface area (Å²) in [5, 5.41) is 0. The zero-order valence-electron chi connectivity index (χ0n) is 19.6. The number of halogens is 3. The van der Waals surface area contributed by atoms with Crippen LogP contribution in [0.1, 0.15) is 49.9 Å². The molecule has 34 heavy (non-hydrogen) atoms. The van der Waals surface area contributed by atoms with Crippen molar-refractivity contribution < 1.29 is 27.5 Å². The van der Waals surface area contributed by atoms with Crippen LogP contribution in [0.3, 0.4) is 0 Å². The van der Waals surface area contributed by atoms with E-state index >= 15 is 0 Å². The van der Waals surface area contributed by atoms with Crippen molar-refractivity contribution >= 4 is 12.0 Å². The van der Waals surface area contributed by atoms with Gasteiger partial charge in [0.25, 0.3) is 0 Å². The van der Waals surface area contributed by atoms with Crippen molar-refractivity contribution in [3.63, 3.8) is 0 Å². The predicted molar refractivity (Wildman–Crippen MR) is 117 cm³/mol. The molecule has 1 saturated carbocycles. The molecule has 4 atom stereocenters. The summed E-state index contributed by atoms with van der Waals surface area (Å²) in [4.78, 5) is 35.8. The van der Waals surface area contributed by atoms with Crippen LogP contribution in [0.2, 0.25) is 0 Å². The van der Waals surface area contributed by atoms with Crippen molar-refractivity contribution in [2.45, 2.75) is 64.3 Å². The molecule has 0 bridgehead atoms. The summed E-state index contributed by atoms with van der Waals surface area (Å²) in [6, 6.07) is 1.40. The molecule has 10 heteroatoms. The third-order valence-corrected chi connectivity index (χ3v) is 8.55. The van der Waals surface area contributed by atoms with Crippen molar-refractivity contribution in [3.05, 3.63) is 29.1 Å². The van der Waals surface area contributed by atoms with E-state index in [1.807, 2.05) is 4.90 Å². The smallest absolute Gasteiger partial charge is 0.417 e. The lowest BCUT2D eigenvalue weighted by Gasteiger charge is -2.38. The molecule has 0 N–H and O–H groups in total. The molecular formula is C24H31F3N4O3. The summed E-state index contributed by atoms with van der Waals surface area (Å²) in [5.74, 6) is 0.198. The molecule has 1 aliphatic carbocycles. The molecule has 1 aromatic heterocycles. The van der Waals surface area contributed by atoms with Crippen LogP contribution >= 0.6 is 0 Å². The SMILES string of the molecule is CCOC(=O)N1CCN(C2CCC3(C2)C(=O)N2Cc4cc(C(F)(F)F)cnc4CC2C3C)CC1. The molecule has 2 amide bonds. The van der Waals surface area contributed by atoms with Crippen molar-refractivity contribution in [1.29, 1.82) is 0 Å². The van der Waals surface area contributed by atoms with Crippen LogP contribution in [0.4, 0.5) is 18.0 Å². The number of piperazine rings is 1. The highest BCUT2D eigenvalue weighted by molar-refractivity contribution is 5.87. The highest BCUT2D eigenvalue weighted by Crippen LogP contribution is 2.55. The minimum atomic E-state index is -4.45. The maximum Gasteiger partial charge on any atom is 0.417 e. The molecule has 186 valence electrons. The number of carbonyl (C=O) groups is 2. The molecule has 1 spiro atoms. The van der Waals surface area contributed by atoms with Gasteiger partial charge in [0.15, 0.2) is 0 Å². The third-order valence-electron chi connectivity index (χ3n) is 8.55. The summed E-state index contributed by atoms with van der Waals surface area (Å²) < 4.78 is 44.6. The Bertz CT molecular complexity index is 979. The maximum atomic E-state index is 13.7. The quantitative estimate of drug-likeness (QED) is 0.650. The van der Waals surface area contributed by atoms with Crippen LogP contribution in [-0.2, 0) is 28.7 Å². The van der Waals surface area contributed by atoms with Crippen LogP contribution in [0.5, 0.6) is 0 Å². The monoisotopic (exact) mass is 480 g/mol. The Morgan fingerprint density at radius 3 is 2.68 bits per heavy atom. The topological polar surface area (TPSA) is 66.0 Å². The van der Waals surface area contributed by atoms with Gasteiger partial charge in [-0.15, -0.1) is 0 Å². The zero-order chi connectivity index (χ0) is 24.3. The second-order valence-electron chi connectivity index (χ2n) is 10.1. The van der Waals surface area contributed by atoms with E-state index in [1.54, 1.807) is 11.8 Å². The lowest BCUT2D eigenvalue weighted by molar-refractivity contribution is -0.138. The molecule has 3 fully saturated rings. The summed E-state index contributed by atoms with van der Waals surface area (Å²) in [6.45, 7) is 7.22. The molecule has 1 aromatic rings. The van der Waals surface area contributed by atoms with Gasteiger partial charge in [-0.2, -0.15) is 13.2 Å². The fourth-order valence-electron chi connectivity index (χ4n) is 6.59. The molecule has 5 rings (SSSR count). The first-order valence-electron chi connectivity index (χ1n) is 12.2. The summed E-state index contributed by atoms with van der Waals surface area (Å²) >= 11 is 0. The van der Waals surface area contributed by atoms with Gasteiger partial charge in [0.1, 0.15) is 0 Å². The van der Waals surface area contributed by atoms with Crippen molar-refractivity contribution in [2.24, 2.45) is 11.3 Å². The number of nitrogens with zero attached hydrogens (tertiary/aromatic N) is 4. The highest BCUT2D eigenvalue weighted by Gasteiger charge is 2.61. The van der Waals surface area contributed by atoms with Crippen LogP contribution in [0, 0.1) is 11.3 Å². The van der Waals surface area contributed by atoms with Gasteiger partial charge in [0.05, 0.1) is 17.6 Å². The minimum Gasteiger partial charge on any atom is -0.450 e. The molecule has 0 aromatic carbocycles. The molecule has 3 aliphatic heterocycles. The Morgan fingerprint density at radius 2 is 2.00 bits per heavy atom. The normalized spacial score (nSPS) is 31.7. The first-order chi connectivity index (χ1) is 16.1. The number of amides is 2. The molecular weight excluding hydrogens is 449 g/mol. The molecule has 7 nitrogen and oxygen atoms in total. The van der Waals surface area contributed by atoms with Crippen LogP contribution < -0.4 is 0 Å². The van der Waals surface area contributed by atoms with Crippen molar-refractivity contribution in [3.8, 4) is 0 Å². The largest absolute Gasteiger partial charge is 0.450 e. The summed E-state index contributed by atoms with van der Waals surface area (Å²) in [7, 11) is 0. The van der Waals surface area contributed by atoms with Gasteiger partial charge in [0.2, 0.25) is 5.91 Å². The number of rotatable bonds is 2. The number of aromatic nitrogens is 1. The van der Waals surface area contributed by atoms with Crippen molar-refractivity contribution in [1.82, 2.24) is 19.7 Å². The van der Waals surface area contributed by atoms with E-state index in [2.05, 4.69) is 16.8 Å². The van der Waals surface area contributed by atoms with E-state index in [-0.39, 0.29) is 36.5 Å². The summed E-state index contributed by atoms with van der Waals surface area (Å²) in [5.41, 5.74) is -0.0476. The van der Waals surface area contributed by atoms with Crippen LogP contribution in [-0.4, -0.2) is 76.6 Å². The lowest BCUT2D eigenvalue weighted by atomic mass is 9.73. The number of pyridine rings is 1. The molecule has 4 heterocycles. The number of fused-ring (bicyclic) bond motifs is 2. The Morgan fingerprint density at radius 1 is 1.26 bits per heavy atom. The number of carbonyl (C=O) groups excluding carboxylic acids is 2. The van der Waals surface area contributed by atoms with Gasteiger partial charge < -0.3 is 14.5 Å². The highest BCUT2D eigenvalue weighted by atomic mass is 19.4. The van der Waals surface area contributed by atoms with Gasteiger partial charge in [-0.05, 0) is 43.7 Å². The van der Waals surface area contributed by atoms with Crippen LogP contribution in [0.25, 0.3) is 0 Å². The van der Waals surface area contributed by atoms with E-state index in [0.29, 0.717) is 37.4 Å². The fraction of sp³-hybridized carbons (Fsp3) is 0.708. The number of hydrogen-bond donors (Lipinski definition) is 0. The fourth-order valence-corrected chi connectivity index (χ4v) is 6.59. The van der Waals surface area contributed by atoms with E-state index in [0.717, 1.165) is 44.6 Å². The van der Waals surface area contributed by atoms with Crippen LogP contribution in [0.15, 0.2) is 12.3 Å². The number of hydrogen-bond acceptors (Lipinski definition) is 5. The van der Waals surface area contributed by atoms with Gasteiger partial charge in [-0.3, -0.25) is 14.7 Å².